The van der Waals surface area contributed by atoms with Crippen molar-refractivity contribution < 1.29 is 15.8 Å². The summed E-state index contributed by atoms with van der Waals surface area (Å²) < 4.78 is 4.11. The Bertz CT molecular complexity index is 785. The zero-order valence-electron chi connectivity index (χ0n) is 12.4. The zero-order chi connectivity index (χ0) is 15.9. The number of aromatic amines is 1. The van der Waals surface area contributed by atoms with Crippen LogP contribution in [0.15, 0.2) is 55.0 Å². The molecule has 0 aliphatic heterocycles. The van der Waals surface area contributed by atoms with Crippen molar-refractivity contribution in [2.45, 2.75) is 6.92 Å². The van der Waals surface area contributed by atoms with E-state index in [4.69, 9.17) is 0 Å². The van der Waals surface area contributed by atoms with Crippen LogP contribution in [0.2, 0.25) is 0 Å². The number of ketones is 1. The Hall–Kier alpha value is -2.95. The van der Waals surface area contributed by atoms with E-state index in [0.29, 0.717) is 11.1 Å². The third kappa shape index (κ3) is 3.58. The average molecular weight is 298 g/mol. The molecule has 0 radical (unpaired) electrons. The fourth-order valence-corrected chi connectivity index (χ4v) is 1.91. The SMILES string of the molecule is COC(C)=O.O=C(c1cccnc1)c1c[nH]c2ccccc12.[HH]. The van der Waals surface area contributed by atoms with E-state index < -0.39 is 0 Å². The lowest BCUT2D eigenvalue weighted by Crippen LogP contribution is -2.00. The predicted molar refractivity (Wildman–Crippen MR) is 85.8 cm³/mol. The lowest BCUT2D eigenvalue weighted by Gasteiger charge is -1.98. The molecule has 2 aromatic heterocycles. The third-order valence-corrected chi connectivity index (χ3v) is 3.05. The van der Waals surface area contributed by atoms with Crippen LogP contribution in [0, 0.1) is 0 Å². The van der Waals surface area contributed by atoms with Crippen LogP contribution < -0.4 is 0 Å². The Labute approximate surface area is 129 Å². The molecule has 0 saturated heterocycles. The smallest absolute Gasteiger partial charge is 0.302 e. The minimum absolute atomic E-state index is 0. The molecule has 0 amide bonds. The number of aromatic nitrogens is 2. The van der Waals surface area contributed by atoms with Crippen LogP contribution in [0.1, 0.15) is 24.3 Å². The summed E-state index contributed by atoms with van der Waals surface area (Å²) in [4.78, 5) is 28.9. The lowest BCUT2D eigenvalue weighted by molar-refractivity contribution is -0.137. The maximum atomic E-state index is 12.3. The van der Waals surface area contributed by atoms with Crippen molar-refractivity contribution in [2.24, 2.45) is 0 Å². The van der Waals surface area contributed by atoms with Gasteiger partial charge in [-0.3, -0.25) is 14.6 Å². The van der Waals surface area contributed by atoms with Gasteiger partial charge in [0.1, 0.15) is 0 Å². The first kappa shape index (κ1) is 15.4. The van der Waals surface area contributed by atoms with Gasteiger partial charge >= 0.3 is 5.97 Å². The number of benzene rings is 1. The molecule has 0 aliphatic rings. The van der Waals surface area contributed by atoms with Gasteiger partial charge in [0, 0.05) is 49.0 Å². The Morgan fingerprint density at radius 2 is 1.91 bits per heavy atom. The quantitative estimate of drug-likeness (QED) is 0.582. The molecule has 0 spiro atoms. The van der Waals surface area contributed by atoms with E-state index in [1.165, 1.54) is 14.0 Å². The highest BCUT2D eigenvalue weighted by Gasteiger charge is 2.13. The fourth-order valence-electron chi connectivity index (χ4n) is 1.91. The number of para-hydroxylation sites is 1. The highest BCUT2D eigenvalue weighted by Crippen LogP contribution is 2.20. The number of fused-ring (bicyclic) bond motifs is 1. The second-order valence-corrected chi connectivity index (χ2v) is 4.51. The zero-order valence-corrected chi connectivity index (χ0v) is 12.4. The number of methoxy groups -OCH3 is 1. The molecule has 0 atom stereocenters. The standard InChI is InChI=1S/C14H10N2O.C3H6O2.H2/c17-14(10-4-3-7-15-8-10)12-9-16-13-6-2-1-5-11(12)13;1-3(4)5-2;/h1-9,16H;1-2H3;1H. The first-order valence-corrected chi connectivity index (χ1v) is 6.69. The number of carbonyl (C=O) groups excluding carboxylic acids is 2. The Morgan fingerprint density at radius 3 is 2.55 bits per heavy atom. The van der Waals surface area contributed by atoms with E-state index in [9.17, 15) is 9.59 Å². The number of pyridine rings is 1. The molecule has 1 aromatic carbocycles. The molecule has 3 aromatic rings. The van der Waals surface area contributed by atoms with E-state index in [1.54, 1.807) is 30.7 Å². The fraction of sp³-hybridized carbons (Fsp3) is 0.118. The summed E-state index contributed by atoms with van der Waals surface area (Å²) in [6, 6.07) is 11.3. The second-order valence-electron chi connectivity index (χ2n) is 4.51. The van der Waals surface area contributed by atoms with Crippen LogP contribution in [0.3, 0.4) is 0 Å². The largest absolute Gasteiger partial charge is 0.469 e. The number of hydrogen-bond donors (Lipinski definition) is 1. The van der Waals surface area contributed by atoms with Gasteiger partial charge in [0.05, 0.1) is 7.11 Å². The molecular weight excluding hydrogens is 280 g/mol. The van der Waals surface area contributed by atoms with Gasteiger partial charge in [-0.25, -0.2) is 0 Å². The van der Waals surface area contributed by atoms with E-state index >= 15 is 0 Å². The number of ether oxygens (including phenoxy) is 1. The van der Waals surface area contributed by atoms with Crippen LogP contribution in [0.25, 0.3) is 10.9 Å². The van der Waals surface area contributed by atoms with Crippen molar-refractivity contribution >= 4 is 22.7 Å². The van der Waals surface area contributed by atoms with Gasteiger partial charge in [-0.1, -0.05) is 18.2 Å². The minimum Gasteiger partial charge on any atom is -0.469 e. The van der Waals surface area contributed by atoms with Crippen molar-refractivity contribution in [1.82, 2.24) is 9.97 Å². The molecule has 0 unspecified atom stereocenters. The minimum atomic E-state index is -0.245. The number of nitrogens with one attached hydrogen (secondary N) is 1. The first-order valence-electron chi connectivity index (χ1n) is 6.69. The van der Waals surface area contributed by atoms with Crippen molar-refractivity contribution in [2.75, 3.05) is 7.11 Å². The molecule has 114 valence electrons. The van der Waals surface area contributed by atoms with Gasteiger partial charge in [-0.05, 0) is 18.2 Å². The molecule has 1 N–H and O–H groups in total. The Kier molecular flexibility index (Phi) is 5.03. The number of rotatable bonds is 2. The van der Waals surface area contributed by atoms with Gasteiger partial charge in [0.15, 0.2) is 5.78 Å². The molecule has 3 rings (SSSR count). The molecule has 22 heavy (non-hydrogen) atoms. The van der Waals surface area contributed by atoms with Crippen LogP contribution in [-0.2, 0) is 9.53 Å². The van der Waals surface area contributed by atoms with Crippen molar-refractivity contribution in [3.8, 4) is 0 Å². The molecule has 0 fully saturated rings. The Morgan fingerprint density at radius 1 is 1.18 bits per heavy atom. The summed E-state index contributed by atoms with van der Waals surface area (Å²) in [5.41, 5.74) is 2.27. The van der Waals surface area contributed by atoms with E-state index in [0.717, 1.165) is 10.9 Å². The normalized spacial score (nSPS) is 9.73. The summed E-state index contributed by atoms with van der Waals surface area (Å²) in [5.74, 6) is -0.249. The predicted octanol–water partition coefficient (Wildman–Crippen LogP) is 3.22. The summed E-state index contributed by atoms with van der Waals surface area (Å²) in [7, 11) is 1.35. The van der Waals surface area contributed by atoms with E-state index in [2.05, 4.69) is 14.7 Å². The van der Waals surface area contributed by atoms with Crippen LogP contribution in [-0.4, -0.2) is 28.8 Å². The summed E-state index contributed by atoms with van der Waals surface area (Å²) in [6.45, 7) is 1.36. The van der Waals surface area contributed by atoms with Crippen LogP contribution in [0.4, 0.5) is 0 Å². The maximum absolute atomic E-state index is 12.3. The second kappa shape index (κ2) is 7.17. The highest BCUT2D eigenvalue weighted by atomic mass is 16.5. The number of H-pyrrole nitrogens is 1. The van der Waals surface area contributed by atoms with Gasteiger partial charge in [0.2, 0.25) is 0 Å². The number of esters is 1. The van der Waals surface area contributed by atoms with Crippen molar-refractivity contribution in [1.29, 1.82) is 0 Å². The van der Waals surface area contributed by atoms with Gasteiger partial charge in [-0.2, -0.15) is 0 Å². The van der Waals surface area contributed by atoms with E-state index in [-0.39, 0.29) is 13.2 Å². The van der Waals surface area contributed by atoms with Gasteiger partial charge in [0.25, 0.3) is 0 Å². The number of nitrogens with zero attached hydrogens (tertiary/aromatic N) is 1. The Balaban J connectivity index is 0.000000390. The first-order chi connectivity index (χ1) is 10.6. The lowest BCUT2D eigenvalue weighted by atomic mass is 10.0. The monoisotopic (exact) mass is 298 g/mol. The van der Waals surface area contributed by atoms with Gasteiger partial charge in [-0.15, -0.1) is 0 Å². The van der Waals surface area contributed by atoms with Crippen molar-refractivity contribution in [3.05, 3.63) is 66.1 Å². The molecular formula is C17H18N2O3. The average Bonchev–Trinajstić information content (AvgIpc) is 2.99. The molecule has 2 heterocycles. The van der Waals surface area contributed by atoms with Crippen molar-refractivity contribution in [3.63, 3.8) is 0 Å². The third-order valence-electron chi connectivity index (χ3n) is 3.05. The molecule has 0 aliphatic carbocycles. The molecule has 0 bridgehead atoms. The van der Waals surface area contributed by atoms with Crippen LogP contribution in [0.5, 0.6) is 0 Å². The van der Waals surface area contributed by atoms with Crippen LogP contribution >= 0.6 is 0 Å². The number of carbonyl (C=O) groups is 2. The van der Waals surface area contributed by atoms with Gasteiger partial charge < -0.3 is 9.72 Å². The topological polar surface area (TPSA) is 72.1 Å². The highest BCUT2D eigenvalue weighted by molar-refractivity contribution is 6.16. The maximum Gasteiger partial charge on any atom is 0.302 e. The summed E-state index contributed by atoms with van der Waals surface area (Å²) >= 11 is 0. The summed E-state index contributed by atoms with van der Waals surface area (Å²) in [6.07, 6.45) is 5.00. The molecule has 5 nitrogen and oxygen atoms in total. The molecule has 0 saturated carbocycles. The molecule has 5 heteroatoms. The van der Waals surface area contributed by atoms with E-state index in [1.807, 2.05) is 24.3 Å². The number of hydrogen-bond acceptors (Lipinski definition) is 4. The summed E-state index contributed by atoms with van der Waals surface area (Å²) in [5, 5.41) is 0.946.